The Hall–Kier alpha value is -7.14. The Morgan fingerprint density at radius 2 is 1.69 bits per heavy atom. The van der Waals surface area contributed by atoms with Crippen molar-refractivity contribution in [3.8, 4) is 11.6 Å². The van der Waals surface area contributed by atoms with Gasteiger partial charge in [-0.15, -0.1) is 5.10 Å². The van der Waals surface area contributed by atoms with E-state index in [0.29, 0.717) is 82.6 Å². The third-order valence-corrected chi connectivity index (χ3v) is 14.2. The smallest absolute Gasteiger partial charge is 0.256 e. The Labute approximate surface area is 418 Å². The summed E-state index contributed by atoms with van der Waals surface area (Å²) in [6, 6.07) is 4.57. The third kappa shape index (κ3) is 10.7. The highest BCUT2D eigenvalue weighted by atomic mass is 19.1. The number of imidazole rings is 1. The average molecular weight is 992 g/mol. The molecule has 0 radical (unpaired) electrons. The molecule has 9 rings (SSSR count). The molecule has 5 aromatic rings. The van der Waals surface area contributed by atoms with Gasteiger partial charge in [-0.1, -0.05) is 26.3 Å². The molecule has 3 aliphatic heterocycles. The Bertz CT molecular complexity index is 2750. The predicted molar refractivity (Wildman–Crippen MR) is 273 cm³/mol. The van der Waals surface area contributed by atoms with Gasteiger partial charge in [-0.25, -0.2) is 14.4 Å². The molecule has 4 aromatic heterocycles. The van der Waals surface area contributed by atoms with Gasteiger partial charge in [0.25, 0.3) is 11.8 Å². The number of amides is 3. The molecule has 4 aliphatic rings. The SMILES string of the molecule is C=CC(=O)N[C@@H]1CN(c2nc(Nc3cn(CCCN4CCN(CCCNC(=O)c5ccc(Nc6ncc7c(n6)N(C6CCCC6)[C@H](CC)C(=O)N7C)c(OC)c5)CC4)nc3OC)c3ncn(C)c3n2)C[C@H]1F. The Morgan fingerprint density at radius 1 is 0.931 bits per heavy atom. The summed E-state index contributed by atoms with van der Waals surface area (Å²) in [5.41, 5.74) is 3.52. The van der Waals surface area contributed by atoms with Gasteiger partial charge in [0.05, 0.1) is 51.2 Å². The first-order chi connectivity index (χ1) is 34.9. The summed E-state index contributed by atoms with van der Waals surface area (Å²) < 4.78 is 30.0. The van der Waals surface area contributed by atoms with E-state index in [0.717, 1.165) is 89.7 Å². The van der Waals surface area contributed by atoms with Crippen LogP contribution in [0, 0.1) is 0 Å². The molecule has 72 heavy (non-hydrogen) atoms. The van der Waals surface area contributed by atoms with Crippen LogP contribution in [-0.2, 0) is 23.2 Å². The van der Waals surface area contributed by atoms with Crippen molar-refractivity contribution in [2.45, 2.75) is 82.7 Å². The van der Waals surface area contributed by atoms with Gasteiger partial charge in [0.2, 0.25) is 23.7 Å². The molecule has 4 N–H and O–H groups in total. The van der Waals surface area contributed by atoms with E-state index in [2.05, 4.69) is 62.6 Å². The van der Waals surface area contributed by atoms with Gasteiger partial charge in [0, 0.05) is 71.5 Å². The fourth-order valence-corrected chi connectivity index (χ4v) is 10.2. The zero-order chi connectivity index (χ0) is 50.5. The molecule has 1 aliphatic carbocycles. The highest BCUT2D eigenvalue weighted by Crippen LogP contribution is 2.41. The maximum atomic E-state index is 15.0. The number of hydrogen-bond acceptors (Lipinski definition) is 17. The number of piperazine rings is 1. The molecule has 7 heterocycles. The zero-order valence-corrected chi connectivity index (χ0v) is 41.8. The summed E-state index contributed by atoms with van der Waals surface area (Å²) in [5, 5.41) is 17.0. The van der Waals surface area contributed by atoms with E-state index in [9.17, 15) is 18.8 Å². The number of likely N-dealkylation sites (N-methyl/N-ethyl adjacent to an activating group) is 1. The van der Waals surface area contributed by atoms with Crippen LogP contribution in [0.3, 0.4) is 0 Å². The number of aromatic nitrogens is 8. The molecule has 1 aromatic carbocycles. The van der Waals surface area contributed by atoms with Gasteiger partial charge in [-0.2, -0.15) is 15.0 Å². The molecular formula is C49H66FN17O5. The summed E-state index contributed by atoms with van der Waals surface area (Å²) >= 11 is 0. The van der Waals surface area contributed by atoms with Crippen LogP contribution in [0.15, 0.2) is 49.6 Å². The first-order valence-electron chi connectivity index (χ1n) is 25.0. The van der Waals surface area contributed by atoms with E-state index in [1.165, 1.54) is 0 Å². The van der Waals surface area contributed by atoms with E-state index in [4.69, 9.17) is 19.4 Å². The summed E-state index contributed by atoms with van der Waals surface area (Å²) in [6.07, 6.45) is 11.8. The minimum absolute atomic E-state index is 0.0215. The number of ether oxygens (including phenoxy) is 2. The largest absolute Gasteiger partial charge is 0.495 e. The van der Waals surface area contributed by atoms with Crippen LogP contribution < -0.4 is 45.4 Å². The molecular weight excluding hydrogens is 926 g/mol. The van der Waals surface area contributed by atoms with Gasteiger partial charge < -0.3 is 59.8 Å². The van der Waals surface area contributed by atoms with Gasteiger partial charge in [-0.05, 0) is 69.5 Å². The van der Waals surface area contributed by atoms with Gasteiger partial charge >= 0.3 is 0 Å². The Kier molecular flexibility index (Phi) is 15.3. The molecule has 23 heteroatoms. The van der Waals surface area contributed by atoms with Crippen molar-refractivity contribution in [2.24, 2.45) is 7.05 Å². The average Bonchev–Trinajstić information content (AvgIpc) is 4.22. The van der Waals surface area contributed by atoms with Crippen LogP contribution in [0.5, 0.6) is 11.6 Å². The molecule has 2 saturated heterocycles. The monoisotopic (exact) mass is 992 g/mol. The number of benzene rings is 1. The lowest BCUT2D eigenvalue weighted by atomic mass is 10.0. The number of alkyl halides is 1. The molecule has 0 spiro atoms. The summed E-state index contributed by atoms with van der Waals surface area (Å²) in [5.74, 6) is 2.23. The van der Waals surface area contributed by atoms with Crippen molar-refractivity contribution < 1.29 is 28.2 Å². The van der Waals surface area contributed by atoms with Crippen molar-refractivity contribution in [1.82, 2.24) is 59.7 Å². The number of nitrogens with one attached hydrogen (secondary N) is 4. The predicted octanol–water partition coefficient (Wildman–Crippen LogP) is 4.01. The second-order valence-electron chi connectivity index (χ2n) is 18.8. The van der Waals surface area contributed by atoms with Crippen LogP contribution in [0.4, 0.5) is 45.0 Å². The number of carbonyl (C=O) groups excluding carboxylic acids is 3. The fourth-order valence-electron chi connectivity index (χ4n) is 10.2. The van der Waals surface area contributed by atoms with E-state index in [1.807, 2.05) is 24.9 Å². The van der Waals surface area contributed by atoms with E-state index >= 15 is 0 Å². The lowest BCUT2D eigenvalue weighted by Gasteiger charge is -2.43. The van der Waals surface area contributed by atoms with Gasteiger partial charge in [0.1, 0.15) is 29.3 Å². The molecule has 0 unspecified atom stereocenters. The van der Waals surface area contributed by atoms with Crippen molar-refractivity contribution in [1.29, 1.82) is 0 Å². The lowest BCUT2D eigenvalue weighted by molar-refractivity contribution is -0.120. The third-order valence-electron chi connectivity index (χ3n) is 14.2. The van der Waals surface area contributed by atoms with Crippen molar-refractivity contribution in [3.63, 3.8) is 0 Å². The molecule has 3 fully saturated rings. The Morgan fingerprint density at radius 3 is 2.42 bits per heavy atom. The zero-order valence-electron chi connectivity index (χ0n) is 41.8. The minimum atomic E-state index is -1.30. The molecule has 3 atom stereocenters. The summed E-state index contributed by atoms with van der Waals surface area (Å²) in [7, 11) is 6.75. The molecule has 22 nitrogen and oxygen atoms in total. The second-order valence-corrected chi connectivity index (χ2v) is 18.8. The number of nitrogens with zero attached hydrogens (tertiary/aromatic N) is 13. The fraction of sp³-hybridized carbons (Fsp3) is 0.531. The quantitative estimate of drug-likeness (QED) is 0.0639. The highest BCUT2D eigenvalue weighted by molar-refractivity contribution is 6.04. The molecule has 384 valence electrons. The number of methoxy groups -OCH3 is 2. The van der Waals surface area contributed by atoms with Crippen LogP contribution in [0.1, 0.15) is 62.2 Å². The summed E-state index contributed by atoms with van der Waals surface area (Å²) in [4.78, 5) is 72.4. The van der Waals surface area contributed by atoms with Gasteiger partial charge in [-0.3, -0.25) is 19.1 Å². The van der Waals surface area contributed by atoms with E-state index in [1.54, 1.807) is 66.4 Å². The molecule has 0 bridgehead atoms. The number of carbonyl (C=O) groups is 3. The lowest BCUT2D eigenvalue weighted by Crippen LogP contribution is -2.55. The number of anilines is 7. The van der Waals surface area contributed by atoms with E-state index < -0.39 is 18.1 Å². The first kappa shape index (κ1) is 49.8. The number of halogens is 1. The number of aryl methyl sites for hydroxylation is 2. The maximum absolute atomic E-state index is 15.0. The molecule has 3 amide bonds. The van der Waals surface area contributed by atoms with E-state index in [-0.39, 0.29) is 37.0 Å². The number of rotatable bonds is 20. The molecule has 1 saturated carbocycles. The van der Waals surface area contributed by atoms with Crippen LogP contribution in [-0.4, -0.2) is 171 Å². The second kappa shape index (κ2) is 22.1. The Balaban J connectivity index is 0.717. The summed E-state index contributed by atoms with van der Waals surface area (Å²) in [6.45, 7) is 12.5. The van der Waals surface area contributed by atoms with Crippen molar-refractivity contribution >= 4 is 69.5 Å². The van der Waals surface area contributed by atoms with Crippen molar-refractivity contribution in [2.75, 3.05) is 106 Å². The normalized spacial score (nSPS) is 19.7. The first-order valence-corrected chi connectivity index (χ1v) is 25.0. The van der Waals surface area contributed by atoms with Crippen LogP contribution in [0.25, 0.3) is 11.2 Å². The van der Waals surface area contributed by atoms with Crippen molar-refractivity contribution in [3.05, 3.63) is 55.1 Å². The highest BCUT2D eigenvalue weighted by Gasteiger charge is 2.41. The number of fused-ring (bicyclic) bond motifs is 2. The van der Waals surface area contributed by atoms with Crippen LogP contribution >= 0.6 is 0 Å². The topological polar surface area (TPSA) is 221 Å². The van der Waals surface area contributed by atoms with Gasteiger partial charge in [0.15, 0.2) is 22.8 Å². The standard InChI is InChI=1S/C49H66FN17O5/c1-7-37-47(70)62(4)38-26-52-48(58-43(38)67(37)32-13-9-10-14-32)56-34-16-15-31(25-39(34)71-5)45(69)51-17-11-18-63-21-23-64(24-22-63)19-12-20-66-29-36(46(60-66)72-6)55-42-41-44(61(3)30-53-41)59-49(57-42)65-27-33(50)35(28-65)54-40(68)8-2/h8,15-16,25-26,29-30,32-33,35,37H,2,7,9-14,17-24,27-28H2,1,3-6H3,(H,51,69)(H,54,68)(H,52,56,58)(H,55,57,59)/t33-,35-,37-/m1/s1. The van der Waals surface area contributed by atoms with Crippen LogP contribution in [0.2, 0.25) is 0 Å². The number of hydrogen-bond donors (Lipinski definition) is 4. The minimum Gasteiger partial charge on any atom is -0.495 e. The maximum Gasteiger partial charge on any atom is 0.256 e.